The van der Waals surface area contributed by atoms with E-state index in [2.05, 4.69) is 44.8 Å². The van der Waals surface area contributed by atoms with E-state index in [1.807, 2.05) is 20.9 Å². The summed E-state index contributed by atoms with van der Waals surface area (Å²) in [7, 11) is 2.05. The van der Waals surface area contributed by atoms with Gasteiger partial charge in [0.05, 0.1) is 6.04 Å². The zero-order valence-electron chi connectivity index (χ0n) is 14.9. The lowest BCUT2D eigenvalue weighted by molar-refractivity contribution is -0.125. The largest absolute Gasteiger partial charge is 0.327 e. The van der Waals surface area contributed by atoms with Crippen molar-refractivity contribution in [3.63, 3.8) is 0 Å². The Morgan fingerprint density at radius 2 is 1.81 bits per heavy atom. The third kappa shape index (κ3) is 4.75. The van der Waals surface area contributed by atoms with Gasteiger partial charge in [-0.05, 0) is 44.2 Å². The zero-order valence-corrected chi connectivity index (χ0v) is 15.8. The van der Waals surface area contributed by atoms with E-state index < -0.39 is 0 Å². The van der Waals surface area contributed by atoms with E-state index >= 15 is 0 Å². The van der Waals surface area contributed by atoms with Crippen LogP contribution in [0.4, 0.5) is 0 Å². The minimum absolute atomic E-state index is 0.00357. The minimum Gasteiger partial charge on any atom is -0.327 e. The van der Waals surface area contributed by atoms with E-state index in [-0.39, 0.29) is 22.1 Å². The first kappa shape index (κ1) is 18.6. The Labute approximate surface area is 136 Å². The first-order valence-electron chi connectivity index (χ1n) is 7.81. The molecule has 1 aliphatic heterocycles. The number of carbonyl (C=O) groups is 1. The summed E-state index contributed by atoms with van der Waals surface area (Å²) in [6, 6.07) is -0.0736. The molecule has 0 radical (unpaired) electrons. The summed E-state index contributed by atoms with van der Waals surface area (Å²) in [4.78, 5) is 14.9. The molecule has 122 valence electrons. The van der Waals surface area contributed by atoms with Crippen LogP contribution in [-0.4, -0.2) is 35.2 Å². The number of hydrogen-bond donors (Lipinski definition) is 2. The Bertz CT molecular complexity index is 427. The SMILES string of the molecule is CC(C)C[C@H]1C(=O)NC(C(C)(C)S)=C(C(C)(C)C)CN1C. The fourth-order valence-electron chi connectivity index (χ4n) is 2.79. The Kier molecular flexibility index (Phi) is 5.60. The van der Waals surface area contributed by atoms with Crippen LogP contribution >= 0.6 is 12.6 Å². The summed E-state index contributed by atoms with van der Waals surface area (Å²) in [6.07, 6.45) is 0.875. The minimum atomic E-state index is -0.355. The Hall–Kier alpha value is -0.480. The van der Waals surface area contributed by atoms with E-state index in [9.17, 15) is 4.79 Å². The molecule has 1 amide bonds. The molecule has 0 unspecified atom stereocenters. The molecule has 0 spiro atoms. The van der Waals surface area contributed by atoms with E-state index in [4.69, 9.17) is 12.6 Å². The predicted octanol–water partition coefficient (Wildman–Crippen LogP) is 3.47. The number of hydrogen-bond acceptors (Lipinski definition) is 3. The molecule has 0 aliphatic carbocycles. The molecule has 1 aliphatic rings. The highest BCUT2D eigenvalue weighted by Crippen LogP contribution is 2.36. The lowest BCUT2D eigenvalue weighted by atomic mass is 9.82. The summed E-state index contributed by atoms with van der Waals surface area (Å²) in [6.45, 7) is 15.8. The molecular weight excluding hydrogens is 280 g/mol. The number of thiol groups is 1. The molecule has 0 fully saturated rings. The van der Waals surface area contributed by atoms with Crippen molar-refractivity contribution in [2.24, 2.45) is 11.3 Å². The van der Waals surface area contributed by atoms with Crippen LogP contribution in [0.25, 0.3) is 0 Å². The van der Waals surface area contributed by atoms with Crippen molar-refractivity contribution in [3.05, 3.63) is 11.3 Å². The highest BCUT2D eigenvalue weighted by atomic mass is 32.1. The summed E-state index contributed by atoms with van der Waals surface area (Å²) < 4.78 is -0.355. The van der Waals surface area contributed by atoms with Crippen molar-refractivity contribution in [3.8, 4) is 0 Å². The number of nitrogens with one attached hydrogen (secondary N) is 1. The molecule has 0 aromatic carbocycles. The molecule has 0 saturated carbocycles. The average Bonchev–Trinajstić information content (AvgIpc) is 2.37. The van der Waals surface area contributed by atoms with Crippen molar-refractivity contribution in [1.82, 2.24) is 10.2 Å². The van der Waals surface area contributed by atoms with Crippen LogP contribution in [0.5, 0.6) is 0 Å². The first-order valence-corrected chi connectivity index (χ1v) is 8.26. The second-order valence-electron chi connectivity index (χ2n) is 8.21. The van der Waals surface area contributed by atoms with E-state index in [0.717, 1.165) is 18.7 Å². The second-order valence-corrected chi connectivity index (χ2v) is 9.33. The van der Waals surface area contributed by atoms with Gasteiger partial charge in [-0.1, -0.05) is 34.6 Å². The Morgan fingerprint density at radius 1 is 1.29 bits per heavy atom. The topological polar surface area (TPSA) is 32.3 Å². The number of rotatable bonds is 3. The molecule has 0 saturated heterocycles. The summed E-state index contributed by atoms with van der Waals surface area (Å²) >= 11 is 4.72. The highest BCUT2D eigenvalue weighted by molar-refractivity contribution is 7.82. The lowest BCUT2D eigenvalue weighted by Crippen LogP contribution is -2.44. The lowest BCUT2D eigenvalue weighted by Gasteiger charge is -2.32. The molecule has 1 atom stereocenters. The zero-order chi connectivity index (χ0) is 16.6. The van der Waals surface area contributed by atoms with Gasteiger partial charge in [-0.2, -0.15) is 12.6 Å². The van der Waals surface area contributed by atoms with Crippen LogP contribution in [0.1, 0.15) is 54.9 Å². The highest BCUT2D eigenvalue weighted by Gasteiger charge is 2.37. The summed E-state index contributed by atoms with van der Waals surface area (Å²) in [5, 5.41) is 3.18. The van der Waals surface area contributed by atoms with Crippen LogP contribution in [0, 0.1) is 11.3 Å². The van der Waals surface area contributed by atoms with Gasteiger partial charge < -0.3 is 5.32 Å². The fourth-order valence-corrected chi connectivity index (χ4v) is 2.98. The third-order valence-electron chi connectivity index (χ3n) is 4.00. The van der Waals surface area contributed by atoms with Crippen LogP contribution in [0.2, 0.25) is 0 Å². The van der Waals surface area contributed by atoms with Crippen molar-refractivity contribution in [2.75, 3.05) is 13.6 Å². The molecule has 3 nitrogen and oxygen atoms in total. The molecule has 0 bridgehead atoms. The van der Waals surface area contributed by atoms with Gasteiger partial charge in [-0.3, -0.25) is 9.69 Å². The number of nitrogens with zero attached hydrogens (tertiary/aromatic N) is 1. The monoisotopic (exact) mass is 312 g/mol. The van der Waals surface area contributed by atoms with Crippen LogP contribution in [0.3, 0.4) is 0 Å². The second kappa shape index (κ2) is 6.33. The van der Waals surface area contributed by atoms with Crippen LogP contribution in [0.15, 0.2) is 11.3 Å². The van der Waals surface area contributed by atoms with Gasteiger partial charge in [-0.15, -0.1) is 0 Å². The Balaban J connectivity index is 3.27. The number of amides is 1. The standard InChI is InChI=1S/C17H32N2OS/c1-11(2)9-13-15(20)18-14(17(6,7)21)12(10-19(13)8)16(3,4)5/h11,13,21H,9-10H2,1-8H3,(H,18,20)/t13-/m0/s1. The molecule has 0 aromatic heterocycles. The summed E-state index contributed by atoms with van der Waals surface area (Å²) in [5.41, 5.74) is 2.25. The third-order valence-corrected chi connectivity index (χ3v) is 4.23. The van der Waals surface area contributed by atoms with Gasteiger partial charge in [0, 0.05) is 17.0 Å². The van der Waals surface area contributed by atoms with Gasteiger partial charge in [0.15, 0.2) is 0 Å². The van der Waals surface area contributed by atoms with Crippen molar-refractivity contribution >= 4 is 18.5 Å². The molecule has 4 heteroatoms. The van der Waals surface area contributed by atoms with Crippen molar-refractivity contribution < 1.29 is 4.79 Å². The Morgan fingerprint density at radius 3 is 2.19 bits per heavy atom. The maximum atomic E-state index is 12.7. The maximum absolute atomic E-state index is 12.7. The molecule has 1 N–H and O–H groups in total. The maximum Gasteiger partial charge on any atom is 0.241 e. The van der Waals surface area contributed by atoms with Gasteiger partial charge in [0.1, 0.15) is 0 Å². The van der Waals surface area contributed by atoms with E-state index in [1.54, 1.807) is 0 Å². The number of carbonyl (C=O) groups excluding carboxylic acids is 1. The van der Waals surface area contributed by atoms with Gasteiger partial charge in [0.2, 0.25) is 5.91 Å². The van der Waals surface area contributed by atoms with Gasteiger partial charge in [0.25, 0.3) is 0 Å². The predicted molar refractivity (Wildman–Crippen MR) is 93.6 cm³/mol. The normalized spacial score (nSPS) is 22.6. The van der Waals surface area contributed by atoms with E-state index in [0.29, 0.717) is 5.92 Å². The quantitative estimate of drug-likeness (QED) is 0.782. The molecule has 1 rings (SSSR count). The fraction of sp³-hybridized carbons (Fsp3) is 0.824. The van der Waals surface area contributed by atoms with Gasteiger partial charge >= 0.3 is 0 Å². The number of likely N-dealkylation sites (N-methyl/N-ethyl adjacent to an activating group) is 1. The molecule has 1 heterocycles. The van der Waals surface area contributed by atoms with Crippen LogP contribution in [-0.2, 0) is 4.79 Å². The van der Waals surface area contributed by atoms with Crippen molar-refractivity contribution in [1.29, 1.82) is 0 Å². The summed E-state index contributed by atoms with van der Waals surface area (Å²) in [5.74, 6) is 0.592. The molecular formula is C17H32N2OS. The van der Waals surface area contributed by atoms with E-state index in [1.165, 1.54) is 5.57 Å². The smallest absolute Gasteiger partial charge is 0.241 e. The molecule has 0 aromatic rings. The van der Waals surface area contributed by atoms with Crippen LogP contribution < -0.4 is 5.32 Å². The van der Waals surface area contributed by atoms with Gasteiger partial charge in [-0.25, -0.2) is 0 Å². The average molecular weight is 313 g/mol. The van der Waals surface area contributed by atoms with Crippen molar-refractivity contribution in [2.45, 2.75) is 65.7 Å². The first-order chi connectivity index (χ1) is 9.34. The molecule has 21 heavy (non-hydrogen) atoms.